The van der Waals surface area contributed by atoms with Gasteiger partial charge in [-0.05, 0) is 49.9 Å². The van der Waals surface area contributed by atoms with Crippen molar-refractivity contribution < 1.29 is 12.8 Å². The van der Waals surface area contributed by atoms with Crippen LogP contribution in [0.4, 0.5) is 4.39 Å². The largest absolute Gasteiger partial charge is 0.314 e. The zero-order valence-corrected chi connectivity index (χ0v) is 12.3. The van der Waals surface area contributed by atoms with Crippen LogP contribution in [0.2, 0.25) is 0 Å². The minimum absolute atomic E-state index is 0.135. The first-order valence-electron chi connectivity index (χ1n) is 7.00. The molecule has 2 N–H and O–H groups in total. The van der Waals surface area contributed by atoms with Gasteiger partial charge in [0.1, 0.15) is 5.82 Å². The van der Waals surface area contributed by atoms with Gasteiger partial charge >= 0.3 is 0 Å². The van der Waals surface area contributed by atoms with Crippen molar-refractivity contribution in [1.29, 1.82) is 0 Å². The third-order valence-corrected chi connectivity index (χ3v) is 4.69. The summed E-state index contributed by atoms with van der Waals surface area (Å²) < 4.78 is 39.0. The summed E-state index contributed by atoms with van der Waals surface area (Å²) in [6.45, 7) is 1.05. The van der Waals surface area contributed by atoms with Crippen molar-refractivity contribution in [2.45, 2.75) is 31.7 Å². The Bertz CT molecular complexity index is 530. The molecule has 0 spiro atoms. The molecule has 0 amide bonds. The van der Waals surface area contributed by atoms with Gasteiger partial charge in [-0.1, -0.05) is 12.1 Å². The summed E-state index contributed by atoms with van der Waals surface area (Å²) in [5.41, 5.74) is 0.795. The van der Waals surface area contributed by atoms with Crippen LogP contribution in [-0.4, -0.2) is 33.3 Å². The Kier molecular flexibility index (Phi) is 5.51. The van der Waals surface area contributed by atoms with Crippen LogP contribution >= 0.6 is 0 Å². The third kappa shape index (κ3) is 5.98. The minimum atomic E-state index is -3.22. The molecule has 1 saturated carbocycles. The van der Waals surface area contributed by atoms with Gasteiger partial charge < -0.3 is 5.32 Å². The highest BCUT2D eigenvalue weighted by atomic mass is 32.2. The van der Waals surface area contributed by atoms with E-state index >= 15 is 0 Å². The molecular weight excluding hydrogens is 279 g/mol. The molecule has 1 aliphatic rings. The number of hydrogen-bond donors (Lipinski definition) is 2. The molecule has 0 saturated heterocycles. The number of halogens is 1. The molecule has 0 radical (unpaired) electrons. The molecule has 0 unspecified atom stereocenters. The van der Waals surface area contributed by atoms with Gasteiger partial charge in [-0.3, -0.25) is 0 Å². The average Bonchev–Trinajstić information content (AvgIpc) is 3.19. The van der Waals surface area contributed by atoms with E-state index in [0.717, 1.165) is 12.1 Å². The Morgan fingerprint density at radius 2 is 2.05 bits per heavy atom. The van der Waals surface area contributed by atoms with Crippen LogP contribution in [0.5, 0.6) is 0 Å². The van der Waals surface area contributed by atoms with Gasteiger partial charge in [0.2, 0.25) is 10.0 Å². The molecule has 1 aliphatic carbocycles. The highest BCUT2D eigenvalue weighted by Crippen LogP contribution is 2.18. The Labute approximate surface area is 119 Å². The molecule has 0 heterocycles. The first kappa shape index (κ1) is 15.4. The Morgan fingerprint density at radius 1 is 1.25 bits per heavy atom. The number of rotatable bonds is 9. The number of sulfonamides is 1. The van der Waals surface area contributed by atoms with Gasteiger partial charge in [0.05, 0.1) is 5.75 Å². The zero-order chi connectivity index (χ0) is 14.4. The molecule has 1 fully saturated rings. The Balaban J connectivity index is 1.63. The minimum Gasteiger partial charge on any atom is -0.314 e. The van der Waals surface area contributed by atoms with Gasteiger partial charge in [0, 0.05) is 12.6 Å². The van der Waals surface area contributed by atoms with Gasteiger partial charge in [-0.2, -0.15) is 0 Å². The average molecular weight is 300 g/mol. The van der Waals surface area contributed by atoms with E-state index in [0.29, 0.717) is 25.4 Å². The summed E-state index contributed by atoms with van der Waals surface area (Å²) in [5, 5.41) is 3.28. The van der Waals surface area contributed by atoms with Crippen LogP contribution in [-0.2, 0) is 16.4 Å². The number of benzene rings is 1. The zero-order valence-electron chi connectivity index (χ0n) is 11.4. The molecular formula is C14H21FN2O2S. The predicted octanol–water partition coefficient (Wildman–Crippen LogP) is 1.43. The predicted molar refractivity (Wildman–Crippen MR) is 77.5 cm³/mol. The molecule has 1 aromatic rings. The Morgan fingerprint density at radius 3 is 2.75 bits per heavy atom. The SMILES string of the molecule is O=S(=O)(CCCNC1CC1)NCCc1cccc(F)c1. The van der Waals surface area contributed by atoms with Crippen LogP contribution in [0.25, 0.3) is 0 Å². The molecule has 1 aromatic carbocycles. The molecule has 20 heavy (non-hydrogen) atoms. The van der Waals surface area contributed by atoms with Gasteiger partial charge in [0.25, 0.3) is 0 Å². The van der Waals surface area contributed by atoms with Crippen LogP contribution in [0, 0.1) is 5.82 Å². The second kappa shape index (κ2) is 7.15. The van der Waals surface area contributed by atoms with Gasteiger partial charge in [-0.25, -0.2) is 17.5 Å². The van der Waals surface area contributed by atoms with Crippen molar-refractivity contribution in [1.82, 2.24) is 10.0 Å². The lowest BCUT2D eigenvalue weighted by Crippen LogP contribution is -2.30. The molecule has 2 rings (SSSR count). The maximum Gasteiger partial charge on any atom is 0.211 e. The lowest BCUT2D eigenvalue weighted by atomic mass is 10.1. The maximum atomic E-state index is 13.0. The summed E-state index contributed by atoms with van der Waals surface area (Å²) >= 11 is 0. The summed E-state index contributed by atoms with van der Waals surface area (Å²) in [6, 6.07) is 6.83. The summed E-state index contributed by atoms with van der Waals surface area (Å²) in [7, 11) is -3.22. The van der Waals surface area contributed by atoms with E-state index in [1.807, 2.05) is 0 Å². The van der Waals surface area contributed by atoms with Crippen LogP contribution < -0.4 is 10.0 Å². The van der Waals surface area contributed by atoms with Crippen molar-refractivity contribution in [3.05, 3.63) is 35.6 Å². The van der Waals surface area contributed by atoms with E-state index in [9.17, 15) is 12.8 Å². The van der Waals surface area contributed by atoms with Gasteiger partial charge in [0.15, 0.2) is 0 Å². The van der Waals surface area contributed by atoms with E-state index in [1.165, 1.54) is 25.0 Å². The first-order valence-corrected chi connectivity index (χ1v) is 8.65. The summed E-state index contributed by atoms with van der Waals surface area (Å²) in [6.07, 6.45) is 3.53. The monoisotopic (exact) mass is 300 g/mol. The third-order valence-electron chi connectivity index (χ3n) is 3.22. The quantitative estimate of drug-likeness (QED) is 0.678. The van der Waals surface area contributed by atoms with Crippen molar-refractivity contribution in [3.8, 4) is 0 Å². The van der Waals surface area contributed by atoms with Crippen molar-refractivity contribution >= 4 is 10.0 Å². The molecule has 0 atom stereocenters. The van der Waals surface area contributed by atoms with Crippen LogP contribution in [0.3, 0.4) is 0 Å². The van der Waals surface area contributed by atoms with E-state index in [4.69, 9.17) is 0 Å². The molecule has 0 bridgehead atoms. The number of nitrogens with one attached hydrogen (secondary N) is 2. The maximum absolute atomic E-state index is 13.0. The lowest BCUT2D eigenvalue weighted by Gasteiger charge is -2.07. The molecule has 4 nitrogen and oxygen atoms in total. The van der Waals surface area contributed by atoms with E-state index < -0.39 is 10.0 Å². The lowest BCUT2D eigenvalue weighted by molar-refractivity contribution is 0.574. The Hall–Kier alpha value is -0.980. The fourth-order valence-electron chi connectivity index (χ4n) is 1.97. The normalized spacial score (nSPS) is 15.4. The van der Waals surface area contributed by atoms with Crippen molar-refractivity contribution in [3.63, 3.8) is 0 Å². The topological polar surface area (TPSA) is 58.2 Å². The second-order valence-electron chi connectivity index (χ2n) is 5.18. The number of hydrogen-bond acceptors (Lipinski definition) is 3. The van der Waals surface area contributed by atoms with Crippen molar-refractivity contribution in [2.75, 3.05) is 18.8 Å². The highest BCUT2D eigenvalue weighted by Gasteiger charge is 2.20. The summed E-state index contributed by atoms with van der Waals surface area (Å²) in [5.74, 6) is -0.160. The van der Waals surface area contributed by atoms with E-state index in [2.05, 4.69) is 10.0 Å². The molecule has 0 aromatic heterocycles. The van der Waals surface area contributed by atoms with Gasteiger partial charge in [-0.15, -0.1) is 0 Å². The standard InChI is InChI=1S/C14H21FN2O2S/c15-13-4-1-3-12(11-13)7-9-17-20(18,19)10-2-8-16-14-5-6-14/h1,3-4,11,14,16-17H,2,5-10H2. The van der Waals surface area contributed by atoms with E-state index in [-0.39, 0.29) is 11.6 Å². The second-order valence-corrected chi connectivity index (χ2v) is 7.10. The fourth-order valence-corrected chi connectivity index (χ4v) is 3.05. The smallest absolute Gasteiger partial charge is 0.211 e. The van der Waals surface area contributed by atoms with E-state index in [1.54, 1.807) is 12.1 Å². The molecule has 0 aliphatic heterocycles. The van der Waals surface area contributed by atoms with Crippen LogP contribution in [0.15, 0.2) is 24.3 Å². The van der Waals surface area contributed by atoms with Crippen LogP contribution in [0.1, 0.15) is 24.8 Å². The fraction of sp³-hybridized carbons (Fsp3) is 0.571. The molecule has 112 valence electrons. The first-order chi connectivity index (χ1) is 9.55. The van der Waals surface area contributed by atoms with Crippen molar-refractivity contribution in [2.24, 2.45) is 0 Å². The summed E-state index contributed by atoms with van der Waals surface area (Å²) in [4.78, 5) is 0. The highest BCUT2D eigenvalue weighted by molar-refractivity contribution is 7.89. The molecule has 6 heteroatoms.